The van der Waals surface area contributed by atoms with Crippen molar-refractivity contribution >= 4 is 17.0 Å². The maximum absolute atomic E-state index is 13.4. The summed E-state index contributed by atoms with van der Waals surface area (Å²) in [6, 6.07) is 2.31. The lowest BCUT2D eigenvalue weighted by Crippen LogP contribution is -2.11. The summed E-state index contributed by atoms with van der Waals surface area (Å²) in [5, 5.41) is 8.95. The molecule has 2 N–H and O–H groups in total. The molecule has 1 heterocycles. The number of H-pyrrole nitrogens is 1. The number of fused-ring (bicyclic) bond motifs is 1. The number of hydrogen-bond acceptors (Lipinski definition) is 2. The molecule has 1 aromatic carbocycles. The predicted molar refractivity (Wildman–Crippen MR) is 56.7 cm³/mol. The van der Waals surface area contributed by atoms with Crippen molar-refractivity contribution in [2.75, 3.05) is 0 Å². The number of halogens is 2. The fourth-order valence-electron chi connectivity index (χ4n) is 1.69. The molecule has 0 spiro atoms. The zero-order valence-electron chi connectivity index (χ0n) is 9.00. The van der Waals surface area contributed by atoms with E-state index >= 15 is 0 Å². The second-order valence-electron chi connectivity index (χ2n) is 3.68. The number of benzene rings is 1. The molecule has 0 aliphatic rings. The summed E-state index contributed by atoms with van der Waals surface area (Å²) in [6.45, 7) is 1.68. The summed E-state index contributed by atoms with van der Waals surface area (Å²) in [7, 11) is 0. The van der Waals surface area contributed by atoms with Gasteiger partial charge in [0.25, 0.3) is 0 Å². The van der Waals surface area contributed by atoms with Crippen LogP contribution in [0.25, 0.3) is 11.0 Å². The van der Waals surface area contributed by atoms with E-state index in [1.54, 1.807) is 6.92 Å². The molecule has 1 aromatic heterocycles. The summed E-state index contributed by atoms with van der Waals surface area (Å²) >= 11 is 0. The van der Waals surface area contributed by atoms with E-state index in [1.165, 1.54) is 6.07 Å². The molecular formula is C11H10F2N2O2. The van der Waals surface area contributed by atoms with Crippen LogP contribution in [0.5, 0.6) is 0 Å². The topological polar surface area (TPSA) is 66.0 Å². The smallest absolute Gasteiger partial charge is 0.314 e. The molecule has 0 bridgehead atoms. The van der Waals surface area contributed by atoms with Crippen LogP contribution in [0, 0.1) is 11.6 Å². The van der Waals surface area contributed by atoms with E-state index in [1.807, 2.05) is 0 Å². The highest BCUT2D eigenvalue weighted by Gasteiger charge is 2.22. The van der Waals surface area contributed by atoms with E-state index in [-0.39, 0.29) is 11.3 Å². The molecule has 0 amide bonds. The SMILES string of the molecule is CCC(C(=O)O)c1nc2c(F)c(F)ccc2[nH]1. The van der Waals surface area contributed by atoms with Crippen molar-refractivity contribution in [2.24, 2.45) is 0 Å². The van der Waals surface area contributed by atoms with E-state index < -0.39 is 23.5 Å². The first-order valence-corrected chi connectivity index (χ1v) is 5.11. The highest BCUT2D eigenvalue weighted by atomic mass is 19.2. The summed E-state index contributed by atoms with van der Waals surface area (Å²) in [5.41, 5.74) is 0.123. The van der Waals surface area contributed by atoms with Gasteiger partial charge in [0.05, 0.1) is 5.52 Å². The first kappa shape index (κ1) is 11.5. The number of carboxylic acid groups (broad SMARTS) is 1. The van der Waals surface area contributed by atoms with Gasteiger partial charge < -0.3 is 10.1 Å². The first-order valence-electron chi connectivity index (χ1n) is 5.11. The van der Waals surface area contributed by atoms with Crippen LogP contribution in [-0.4, -0.2) is 21.0 Å². The van der Waals surface area contributed by atoms with Crippen molar-refractivity contribution in [1.82, 2.24) is 9.97 Å². The normalized spacial score (nSPS) is 12.9. The predicted octanol–water partition coefficient (Wildman–Crippen LogP) is 2.42. The Labute approximate surface area is 95.3 Å². The van der Waals surface area contributed by atoms with Gasteiger partial charge in [-0.25, -0.2) is 13.8 Å². The second kappa shape index (κ2) is 4.12. The highest BCUT2D eigenvalue weighted by Crippen LogP contribution is 2.23. The molecule has 0 aliphatic carbocycles. The van der Waals surface area contributed by atoms with E-state index in [0.29, 0.717) is 11.9 Å². The number of carbonyl (C=O) groups is 1. The fourth-order valence-corrected chi connectivity index (χ4v) is 1.69. The molecule has 90 valence electrons. The number of hydrogen-bond donors (Lipinski definition) is 2. The number of aromatic nitrogens is 2. The van der Waals surface area contributed by atoms with Gasteiger partial charge in [-0.1, -0.05) is 6.92 Å². The van der Waals surface area contributed by atoms with Gasteiger partial charge in [0, 0.05) is 0 Å². The number of nitrogens with one attached hydrogen (secondary N) is 1. The maximum atomic E-state index is 13.4. The van der Waals surface area contributed by atoms with Crippen molar-refractivity contribution in [2.45, 2.75) is 19.3 Å². The maximum Gasteiger partial charge on any atom is 0.314 e. The monoisotopic (exact) mass is 240 g/mol. The Bertz CT molecular complexity index is 580. The van der Waals surface area contributed by atoms with Crippen LogP contribution >= 0.6 is 0 Å². The molecule has 1 unspecified atom stereocenters. The van der Waals surface area contributed by atoms with E-state index in [2.05, 4.69) is 9.97 Å². The molecule has 6 heteroatoms. The van der Waals surface area contributed by atoms with Gasteiger partial charge in [-0.2, -0.15) is 0 Å². The zero-order valence-corrected chi connectivity index (χ0v) is 9.00. The fraction of sp³-hybridized carbons (Fsp3) is 0.273. The zero-order chi connectivity index (χ0) is 12.6. The minimum Gasteiger partial charge on any atom is -0.481 e. The van der Waals surface area contributed by atoms with Crippen molar-refractivity contribution < 1.29 is 18.7 Å². The lowest BCUT2D eigenvalue weighted by molar-refractivity contribution is -0.139. The van der Waals surface area contributed by atoms with Crippen LogP contribution in [-0.2, 0) is 4.79 Å². The summed E-state index contributed by atoms with van der Waals surface area (Å²) in [5.74, 6) is -3.82. The molecule has 0 saturated carbocycles. The lowest BCUT2D eigenvalue weighted by Gasteiger charge is -2.04. The van der Waals surface area contributed by atoms with Gasteiger partial charge in [-0.3, -0.25) is 4.79 Å². The van der Waals surface area contributed by atoms with Crippen LogP contribution in [0.2, 0.25) is 0 Å². The Morgan fingerprint density at radius 3 is 2.82 bits per heavy atom. The Kier molecular flexibility index (Phi) is 2.79. The van der Waals surface area contributed by atoms with Crippen molar-refractivity contribution in [3.63, 3.8) is 0 Å². The number of imidazole rings is 1. The molecule has 0 saturated heterocycles. The summed E-state index contributed by atoms with van der Waals surface area (Å²) in [4.78, 5) is 17.4. The Hall–Kier alpha value is -1.98. The molecule has 0 radical (unpaired) electrons. The van der Waals surface area contributed by atoms with Gasteiger partial charge in [-0.05, 0) is 18.6 Å². The second-order valence-corrected chi connectivity index (χ2v) is 3.68. The van der Waals surface area contributed by atoms with Crippen LogP contribution < -0.4 is 0 Å². The molecule has 2 aromatic rings. The number of rotatable bonds is 3. The largest absolute Gasteiger partial charge is 0.481 e. The van der Waals surface area contributed by atoms with Gasteiger partial charge in [-0.15, -0.1) is 0 Å². The van der Waals surface area contributed by atoms with Crippen LogP contribution in [0.4, 0.5) is 8.78 Å². The standard InChI is InChI=1S/C11H10F2N2O2/c1-2-5(11(16)17)10-14-7-4-3-6(12)8(13)9(7)15-10/h3-5H,2H2,1H3,(H,14,15)(H,16,17). The van der Waals surface area contributed by atoms with Crippen molar-refractivity contribution in [3.8, 4) is 0 Å². The first-order chi connectivity index (χ1) is 8.04. The minimum atomic E-state index is -1.06. The van der Waals surface area contributed by atoms with Gasteiger partial charge in [0.1, 0.15) is 17.3 Å². The third-order valence-corrected chi connectivity index (χ3v) is 2.60. The Morgan fingerprint density at radius 2 is 2.24 bits per heavy atom. The number of carboxylic acids is 1. The third kappa shape index (κ3) is 1.86. The average Bonchev–Trinajstić information content (AvgIpc) is 2.68. The molecule has 4 nitrogen and oxygen atoms in total. The summed E-state index contributed by atoms with van der Waals surface area (Å²) in [6.07, 6.45) is 0.319. The lowest BCUT2D eigenvalue weighted by atomic mass is 10.1. The Balaban J connectivity index is 2.58. The highest BCUT2D eigenvalue weighted by molar-refractivity contribution is 5.79. The number of aromatic amines is 1. The quantitative estimate of drug-likeness (QED) is 0.865. The van der Waals surface area contributed by atoms with E-state index in [0.717, 1.165) is 6.07 Å². The van der Waals surface area contributed by atoms with E-state index in [4.69, 9.17) is 5.11 Å². The third-order valence-electron chi connectivity index (χ3n) is 2.60. The van der Waals surface area contributed by atoms with Crippen molar-refractivity contribution in [1.29, 1.82) is 0 Å². The number of nitrogens with zero attached hydrogens (tertiary/aromatic N) is 1. The van der Waals surface area contributed by atoms with Crippen LogP contribution in [0.15, 0.2) is 12.1 Å². The minimum absolute atomic E-state index is 0.138. The average molecular weight is 240 g/mol. The summed E-state index contributed by atoms with van der Waals surface area (Å²) < 4.78 is 26.3. The molecule has 17 heavy (non-hydrogen) atoms. The molecule has 2 rings (SSSR count). The molecule has 0 aliphatic heterocycles. The number of aliphatic carboxylic acids is 1. The van der Waals surface area contributed by atoms with Crippen LogP contribution in [0.3, 0.4) is 0 Å². The van der Waals surface area contributed by atoms with Crippen molar-refractivity contribution in [3.05, 3.63) is 29.6 Å². The van der Waals surface area contributed by atoms with Crippen LogP contribution in [0.1, 0.15) is 25.1 Å². The molecule has 1 atom stereocenters. The Morgan fingerprint density at radius 1 is 1.53 bits per heavy atom. The van der Waals surface area contributed by atoms with Gasteiger partial charge in [0.15, 0.2) is 11.6 Å². The molecular weight excluding hydrogens is 230 g/mol. The van der Waals surface area contributed by atoms with Gasteiger partial charge >= 0.3 is 5.97 Å². The van der Waals surface area contributed by atoms with E-state index in [9.17, 15) is 13.6 Å². The van der Waals surface area contributed by atoms with Gasteiger partial charge in [0.2, 0.25) is 0 Å². The molecule has 0 fully saturated rings.